The summed E-state index contributed by atoms with van der Waals surface area (Å²) in [5, 5.41) is 22.0. The second kappa shape index (κ2) is 12.8. The van der Waals surface area contributed by atoms with Crippen LogP contribution in [0.25, 0.3) is 11.0 Å². The lowest BCUT2D eigenvalue weighted by atomic mass is 9.52. The number of hydrogen-bond acceptors (Lipinski definition) is 8. The van der Waals surface area contributed by atoms with Crippen LogP contribution in [0.3, 0.4) is 0 Å². The molecule has 4 amide bonds. The molecule has 248 valence electrons. The van der Waals surface area contributed by atoms with Crippen LogP contribution < -0.4 is 26.8 Å². The highest BCUT2D eigenvalue weighted by molar-refractivity contribution is 6.36. The van der Waals surface area contributed by atoms with Gasteiger partial charge in [0.05, 0.1) is 5.60 Å². The number of fused-ring (bicyclic) bond motifs is 1. The van der Waals surface area contributed by atoms with Crippen LogP contribution in [0, 0.1) is 24.7 Å². The van der Waals surface area contributed by atoms with Crippen molar-refractivity contribution in [1.29, 1.82) is 0 Å². The van der Waals surface area contributed by atoms with Crippen molar-refractivity contribution in [3.05, 3.63) is 64.3 Å². The van der Waals surface area contributed by atoms with Crippen LogP contribution in [0.2, 0.25) is 0 Å². The topological polar surface area (TPSA) is 189 Å². The van der Waals surface area contributed by atoms with E-state index in [9.17, 15) is 33.9 Å². The number of furan rings is 1. The molecule has 4 aliphatic carbocycles. The number of pyridine rings is 1. The van der Waals surface area contributed by atoms with E-state index in [1.54, 1.807) is 31.2 Å². The predicted molar refractivity (Wildman–Crippen MR) is 170 cm³/mol. The summed E-state index contributed by atoms with van der Waals surface area (Å²) in [4.78, 5) is 77.3. The predicted octanol–water partition coefficient (Wildman–Crippen LogP) is 1.79. The number of aliphatic hydroxyl groups is 1. The zero-order valence-corrected chi connectivity index (χ0v) is 26.3. The number of nitrogens with zero attached hydrogens (tertiary/aromatic N) is 1. The molecule has 4 aliphatic rings. The summed E-state index contributed by atoms with van der Waals surface area (Å²) in [7, 11) is 1.31. The van der Waals surface area contributed by atoms with Gasteiger partial charge in [-0.1, -0.05) is 18.2 Å². The van der Waals surface area contributed by atoms with Crippen molar-refractivity contribution >= 4 is 46.1 Å². The maximum Gasteiger partial charge on any atom is 0.287 e. The van der Waals surface area contributed by atoms with Crippen molar-refractivity contribution in [3.63, 3.8) is 0 Å². The number of hydrogen-bond donors (Lipinski definition) is 5. The number of para-hydroxylation sites is 1. The summed E-state index contributed by atoms with van der Waals surface area (Å²) in [6.07, 6.45) is 5.01. The van der Waals surface area contributed by atoms with Crippen LogP contribution in [0.4, 0.5) is 5.69 Å². The molecule has 2 heterocycles. The minimum atomic E-state index is -1.31. The van der Waals surface area contributed by atoms with E-state index in [0.717, 1.165) is 24.6 Å². The van der Waals surface area contributed by atoms with E-state index in [2.05, 4.69) is 21.3 Å². The molecule has 13 heteroatoms. The maximum atomic E-state index is 13.5. The fraction of sp³-hybridized carbons (Fsp3) is 0.471. The Morgan fingerprint density at radius 1 is 1.04 bits per heavy atom. The molecule has 5 N–H and O–H groups in total. The molecule has 7 rings (SSSR count). The molecular weight excluding hydrogens is 606 g/mol. The van der Waals surface area contributed by atoms with Crippen molar-refractivity contribution in [3.8, 4) is 0 Å². The molecule has 2 aromatic heterocycles. The van der Waals surface area contributed by atoms with Crippen molar-refractivity contribution in [2.75, 3.05) is 12.4 Å². The summed E-state index contributed by atoms with van der Waals surface area (Å²) in [6.45, 7) is 1.44. The molecule has 0 saturated heterocycles. The number of aryl methyl sites for hydroxylation is 1. The van der Waals surface area contributed by atoms with Gasteiger partial charge in [0.1, 0.15) is 23.9 Å². The number of ketones is 1. The molecule has 3 aromatic rings. The smallest absolute Gasteiger partial charge is 0.287 e. The Bertz CT molecular complexity index is 1790. The molecule has 3 atom stereocenters. The number of nitrogens with one attached hydrogen (secondary N) is 4. The number of likely N-dealkylation sites (N-methyl/N-ethyl adjacent to an activating group) is 1. The Labute approximate surface area is 270 Å². The first-order chi connectivity index (χ1) is 22.4. The lowest BCUT2D eigenvalue weighted by Crippen LogP contribution is -2.61. The minimum Gasteiger partial charge on any atom is -0.451 e. The Kier molecular flexibility index (Phi) is 8.75. The number of aromatic nitrogens is 1. The van der Waals surface area contributed by atoms with Crippen molar-refractivity contribution in [1.82, 2.24) is 20.5 Å². The molecule has 4 saturated carbocycles. The van der Waals surface area contributed by atoms with Gasteiger partial charge in [0, 0.05) is 36.7 Å². The Morgan fingerprint density at radius 2 is 1.77 bits per heavy atom. The molecule has 4 bridgehead atoms. The van der Waals surface area contributed by atoms with Crippen molar-refractivity contribution in [2.24, 2.45) is 17.8 Å². The number of carbonyl (C=O) groups excluding carboxylic acids is 5. The van der Waals surface area contributed by atoms with Gasteiger partial charge in [-0.15, -0.1) is 0 Å². The van der Waals surface area contributed by atoms with Gasteiger partial charge in [-0.2, -0.15) is 0 Å². The zero-order valence-electron chi connectivity index (χ0n) is 26.3. The van der Waals surface area contributed by atoms with E-state index in [-0.39, 0.29) is 54.6 Å². The maximum absolute atomic E-state index is 13.5. The summed E-state index contributed by atoms with van der Waals surface area (Å²) >= 11 is 0. The molecule has 47 heavy (non-hydrogen) atoms. The van der Waals surface area contributed by atoms with Crippen LogP contribution in [-0.2, 0) is 25.7 Å². The summed E-state index contributed by atoms with van der Waals surface area (Å²) in [5.41, 5.74) is -0.332. The monoisotopic (exact) mass is 645 g/mol. The molecule has 13 nitrogen and oxygen atoms in total. The molecule has 0 spiro atoms. The van der Waals surface area contributed by atoms with Crippen LogP contribution in [0.1, 0.15) is 61.1 Å². The van der Waals surface area contributed by atoms with Gasteiger partial charge in [-0.3, -0.25) is 28.8 Å². The first-order valence-electron chi connectivity index (χ1n) is 16.0. The number of benzene rings is 1. The highest BCUT2D eigenvalue weighted by Gasteiger charge is 2.55. The quantitative estimate of drug-likeness (QED) is 0.195. The molecule has 2 unspecified atom stereocenters. The Hall–Kier alpha value is -4.78. The third-order valence-corrected chi connectivity index (χ3v) is 9.97. The average molecular weight is 646 g/mol. The number of amides is 4. The Morgan fingerprint density at radius 3 is 2.45 bits per heavy atom. The second-order valence-corrected chi connectivity index (χ2v) is 13.3. The van der Waals surface area contributed by atoms with Gasteiger partial charge < -0.3 is 35.4 Å². The van der Waals surface area contributed by atoms with Crippen LogP contribution >= 0.6 is 0 Å². The van der Waals surface area contributed by atoms with Gasteiger partial charge in [0.2, 0.25) is 17.6 Å². The second-order valence-electron chi connectivity index (χ2n) is 13.3. The minimum absolute atomic E-state index is 0.0111. The van der Waals surface area contributed by atoms with Crippen molar-refractivity contribution in [2.45, 2.75) is 76.1 Å². The van der Waals surface area contributed by atoms with E-state index in [0.29, 0.717) is 29.9 Å². The van der Waals surface area contributed by atoms with E-state index in [4.69, 9.17) is 4.42 Å². The number of Topliss-reactive ketones (excluding diaryl/α,β-unsaturated/α-hetero) is 1. The fourth-order valence-electron chi connectivity index (χ4n) is 7.99. The molecule has 1 aromatic carbocycles. The average Bonchev–Trinajstić information content (AvgIpc) is 3.37. The van der Waals surface area contributed by atoms with E-state index < -0.39 is 40.7 Å². The van der Waals surface area contributed by atoms with E-state index in [1.807, 2.05) is 0 Å². The molecule has 0 aliphatic heterocycles. The van der Waals surface area contributed by atoms with Gasteiger partial charge in [0.25, 0.3) is 17.4 Å². The largest absolute Gasteiger partial charge is 0.451 e. The molecule has 4 fully saturated rings. The van der Waals surface area contributed by atoms with Crippen LogP contribution in [0.5, 0.6) is 0 Å². The summed E-state index contributed by atoms with van der Waals surface area (Å²) in [6, 6.07) is 8.61. The molecular formula is C34H39N5O8. The third-order valence-electron chi connectivity index (χ3n) is 9.97. The summed E-state index contributed by atoms with van der Waals surface area (Å²) in [5.74, 6) is -2.54. The van der Waals surface area contributed by atoms with Gasteiger partial charge >= 0.3 is 0 Å². The number of anilines is 1. The van der Waals surface area contributed by atoms with Crippen molar-refractivity contribution < 1.29 is 33.5 Å². The van der Waals surface area contributed by atoms with Crippen LogP contribution in [0.15, 0.2) is 51.8 Å². The third kappa shape index (κ3) is 6.57. The fourth-order valence-corrected chi connectivity index (χ4v) is 7.99. The first kappa shape index (κ1) is 32.2. The van der Waals surface area contributed by atoms with Gasteiger partial charge in [-0.25, -0.2) is 0 Å². The highest BCUT2D eigenvalue weighted by atomic mass is 16.3. The summed E-state index contributed by atoms with van der Waals surface area (Å²) < 4.78 is 6.91. The van der Waals surface area contributed by atoms with Crippen LogP contribution in [-0.4, -0.2) is 63.8 Å². The standard InChI is InChI=1S/C34H39N5O8/c1-18-22-6-3-4-8-26(22)47-29(18)32(44)36-23(9-10-25(40)31(43)35-2)30(42)37-24-7-5-11-39(33(24)45)17-27(41)38-28-20-12-19-13-21(28)16-34(46,14-19)15-20/h3-8,11,19-21,23,28,46H,9-10,12-17H2,1-2H3,(H,35,43)(H,36,44)(H,37,42)(H,38,41)/t19?,20?,21?,23-,28?,34?/m0/s1. The number of carbonyl (C=O) groups is 5. The lowest BCUT2D eigenvalue weighted by molar-refractivity contribution is -0.146. The highest BCUT2D eigenvalue weighted by Crippen LogP contribution is 2.55. The SMILES string of the molecule is CNC(=O)C(=O)CC[C@H](NC(=O)c1oc2ccccc2c1C)C(=O)Nc1cccn(CC(=O)NC2C3CC4CC2CC(O)(C4)C3)c1=O. The van der Waals surface area contributed by atoms with E-state index >= 15 is 0 Å². The zero-order chi connectivity index (χ0) is 33.5. The normalized spacial score (nSPS) is 24.8. The number of rotatable bonds is 11. The first-order valence-corrected chi connectivity index (χ1v) is 16.0. The van der Waals surface area contributed by atoms with Gasteiger partial charge in [-0.05, 0) is 81.4 Å². The van der Waals surface area contributed by atoms with Gasteiger partial charge in [0.15, 0.2) is 5.76 Å². The van der Waals surface area contributed by atoms with E-state index in [1.165, 1.54) is 29.9 Å². The Balaban J connectivity index is 1.14. The lowest BCUT2D eigenvalue weighted by Gasteiger charge is -2.58. The molecule has 0 radical (unpaired) electrons.